The predicted octanol–water partition coefficient (Wildman–Crippen LogP) is 7.37. The van der Waals surface area contributed by atoms with Gasteiger partial charge < -0.3 is 9.47 Å². The van der Waals surface area contributed by atoms with E-state index < -0.39 is 8.07 Å². The fourth-order valence-electron chi connectivity index (χ4n) is 4.31. The Hall–Kier alpha value is -3.29. The fraction of sp³-hybridized carbons (Fsp3) is 0.333. The number of hydrogen-bond donors (Lipinski definition) is 0. The summed E-state index contributed by atoms with van der Waals surface area (Å²) in [7, 11) is -1.15. The molecule has 0 aliphatic rings. The number of nitrogens with zero attached hydrogens (tertiary/aromatic N) is 2. The van der Waals surface area contributed by atoms with Crippen LogP contribution >= 0.6 is 0 Å². The first-order valence-corrected chi connectivity index (χ1v) is 16.5. The molecule has 0 radical (unpaired) electrons. The maximum atomic E-state index is 13.8. The van der Waals surface area contributed by atoms with E-state index in [1.54, 1.807) is 18.2 Å². The third kappa shape index (κ3) is 6.93. The maximum absolute atomic E-state index is 13.8. The number of carbonyl (C=O) groups excluding carboxylic acids is 1. The van der Waals surface area contributed by atoms with Gasteiger partial charge in [-0.05, 0) is 54.8 Å². The van der Waals surface area contributed by atoms with Crippen molar-refractivity contribution in [2.24, 2.45) is 0 Å². The minimum Gasteiger partial charge on any atom is -0.493 e. The van der Waals surface area contributed by atoms with Crippen LogP contribution in [0, 0.1) is 5.82 Å². The van der Waals surface area contributed by atoms with E-state index in [9.17, 15) is 9.18 Å². The van der Waals surface area contributed by atoms with Gasteiger partial charge in [0.1, 0.15) is 18.3 Å². The number of carbonyl (C=O) groups is 1. The molecule has 0 amide bonds. The van der Waals surface area contributed by atoms with Gasteiger partial charge in [0.2, 0.25) is 0 Å². The number of benzene rings is 3. The van der Waals surface area contributed by atoms with Crippen LogP contribution in [-0.2, 0) is 17.9 Å². The van der Waals surface area contributed by atoms with Crippen LogP contribution < -0.4 is 4.74 Å². The molecule has 0 spiro atoms. The van der Waals surface area contributed by atoms with Gasteiger partial charge in [-0.1, -0.05) is 56.0 Å². The highest BCUT2D eigenvalue weighted by Gasteiger charge is 2.16. The lowest BCUT2D eigenvalue weighted by Gasteiger charge is -2.16. The molecule has 0 saturated carbocycles. The van der Waals surface area contributed by atoms with Gasteiger partial charge in [0.25, 0.3) is 0 Å². The van der Waals surface area contributed by atoms with Crippen molar-refractivity contribution in [2.45, 2.75) is 52.2 Å². The number of fused-ring (bicyclic) bond motifs is 1. The Morgan fingerprint density at radius 1 is 1.05 bits per heavy atom. The molecule has 0 atom stereocenters. The lowest BCUT2D eigenvalue weighted by molar-refractivity contribution is 0.0816. The molecule has 0 saturated heterocycles. The number of hydrogen-bond acceptors (Lipinski definition) is 4. The molecule has 0 unspecified atom stereocenters. The molecule has 4 aromatic rings. The van der Waals surface area contributed by atoms with Gasteiger partial charge in [0.05, 0.1) is 18.3 Å². The van der Waals surface area contributed by atoms with E-state index in [-0.39, 0.29) is 11.6 Å². The largest absolute Gasteiger partial charge is 0.493 e. The van der Waals surface area contributed by atoms with Gasteiger partial charge in [0.15, 0.2) is 5.78 Å². The first kappa shape index (κ1) is 26.8. The molecule has 0 aliphatic heterocycles. The molecule has 3 aromatic carbocycles. The number of ether oxygens (including phenoxy) is 2. The summed E-state index contributed by atoms with van der Waals surface area (Å²) in [4.78, 5) is 13.2. The summed E-state index contributed by atoms with van der Waals surface area (Å²) < 4.78 is 27.4. The second-order valence-corrected chi connectivity index (χ2v) is 16.0. The molecule has 0 bridgehead atoms. The van der Waals surface area contributed by atoms with Gasteiger partial charge in [-0.15, -0.1) is 0 Å². The summed E-state index contributed by atoms with van der Waals surface area (Å²) in [6.07, 6.45) is 2.79. The van der Waals surface area contributed by atoms with Crippen molar-refractivity contribution in [3.63, 3.8) is 0 Å². The topological polar surface area (TPSA) is 53.3 Å². The van der Waals surface area contributed by atoms with Crippen LogP contribution in [0.5, 0.6) is 5.75 Å². The molecule has 0 aliphatic carbocycles. The van der Waals surface area contributed by atoms with Crippen LogP contribution in [0.25, 0.3) is 22.0 Å². The molecular weight excluding hydrogens is 483 g/mol. The highest BCUT2D eigenvalue weighted by molar-refractivity contribution is 6.76. The van der Waals surface area contributed by atoms with Crippen molar-refractivity contribution in [1.29, 1.82) is 0 Å². The zero-order valence-corrected chi connectivity index (χ0v) is 23.1. The number of aryl methyl sites for hydroxylation is 1. The normalized spacial score (nSPS) is 11.7. The van der Waals surface area contributed by atoms with Crippen LogP contribution in [-0.4, -0.2) is 36.9 Å². The van der Waals surface area contributed by atoms with E-state index in [0.29, 0.717) is 37.5 Å². The van der Waals surface area contributed by atoms with Gasteiger partial charge >= 0.3 is 0 Å². The number of aromatic nitrogens is 2. The maximum Gasteiger partial charge on any atom is 0.163 e. The number of Topliss-reactive ketones (excluding diaryl/α,β-unsaturated/α-hetero) is 1. The number of rotatable bonds is 12. The third-order valence-corrected chi connectivity index (χ3v) is 8.02. The van der Waals surface area contributed by atoms with Crippen molar-refractivity contribution < 1.29 is 18.7 Å². The summed E-state index contributed by atoms with van der Waals surface area (Å²) in [5.41, 5.74) is 4.15. The fourth-order valence-corrected chi connectivity index (χ4v) is 5.06. The smallest absolute Gasteiger partial charge is 0.163 e. The van der Waals surface area contributed by atoms with E-state index in [1.165, 1.54) is 12.1 Å². The lowest BCUT2D eigenvalue weighted by Crippen LogP contribution is -2.22. The summed E-state index contributed by atoms with van der Waals surface area (Å²) >= 11 is 0. The van der Waals surface area contributed by atoms with E-state index in [4.69, 9.17) is 9.47 Å². The molecule has 7 heteroatoms. The van der Waals surface area contributed by atoms with Crippen LogP contribution in [0.15, 0.2) is 66.9 Å². The first-order valence-electron chi connectivity index (χ1n) is 12.8. The van der Waals surface area contributed by atoms with E-state index >= 15 is 0 Å². The van der Waals surface area contributed by atoms with Crippen molar-refractivity contribution in [3.8, 4) is 16.9 Å². The van der Waals surface area contributed by atoms with Gasteiger partial charge in [-0.3, -0.25) is 4.79 Å². The third-order valence-electron chi connectivity index (χ3n) is 6.32. The monoisotopic (exact) mass is 518 g/mol. The molecule has 4 rings (SSSR count). The minimum atomic E-state index is -1.15. The van der Waals surface area contributed by atoms with E-state index in [1.807, 2.05) is 42.1 Å². The molecular formula is C30H35FN2O3Si. The Balaban J connectivity index is 1.49. The second kappa shape index (κ2) is 11.8. The number of para-hydroxylation sites is 1. The Kier molecular flexibility index (Phi) is 8.56. The SMILES string of the molecule is CCOc1cc(C(=O)CCc2cccc3cnn(COCC[Si](C)(C)C)c23)ccc1-c1cccc(F)c1. The molecule has 0 fully saturated rings. The first-order chi connectivity index (χ1) is 17.7. The minimum absolute atomic E-state index is 0.0289. The molecule has 1 heterocycles. The molecule has 5 nitrogen and oxygen atoms in total. The van der Waals surface area contributed by atoms with Crippen molar-refractivity contribution in [2.75, 3.05) is 13.2 Å². The molecule has 0 N–H and O–H groups in total. The van der Waals surface area contributed by atoms with Gasteiger partial charge in [-0.2, -0.15) is 5.10 Å². The van der Waals surface area contributed by atoms with Gasteiger partial charge in [0, 0.05) is 37.6 Å². The Morgan fingerprint density at radius 2 is 1.86 bits per heavy atom. The van der Waals surface area contributed by atoms with Crippen LogP contribution in [0.1, 0.15) is 29.3 Å². The summed E-state index contributed by atoms with van der Waals surface area (Å²) in [5, 5.41) is 5.57. The number of halogens is 1. The van der Waals surface area contributed by atoms with Crippen LogP contribution in [0.2, 0.25) is 25.7 Å². The zero-order valence-electron chi connectivity index (χ0n) is 22.1. The Labute approximate surface area is 219 Å². The average Bonchev–Trinajstić information content (AvgIpc) is 3.28. The number of ketones is 1. The van der Waals surface area contributed by atoms with E-state index in [0.717, 1.165) is 40.2 Å². The average molecular weight is 519 g/mol. The van der Waals surface area contributed by atoms with Crippen LogP contribution in [0.4, 0.5) is 4.39 Å². The lowest BCUT2D eigenvalue weighted by atomic mass is 9.98. The molecule has 194 valence electrons. The van der Waals surface area contributed by atoms with Crippen LogP contribution in [0.3, 0.4) is 0 Å². The standard InChI is InChI=1S/C30H35FN2O3Si/c1-5-36-29-19-24(12-14-27(29)23-9-7-11-26(31)18-23)28(34)15-13-22-8-6-10-25-20-32-33(30(22)25)21-35-16-17-37(2,3)4/h6-12,14,18-20H,5,13,15-17,21H2,1-4H3. The molecule has 37 heavy (non-hydrogen) atoms. The van der Waals surface area contributed by atoms with Crippen molar-refractivity contribution >= 4 is 24.8 Å². The molecule has 1 aromatic heterocycles. The van der Waals surface area contributed by atoms with Gasteiger partial charge in [-0.25, -0.2) is 9.07 Å². The Bertz CT molecular complexity index is 1380. The summed E-state index contributed by atoms with van der Waals surface area (Å²) in [5.74, 6) is 0.297. The Morgan fingerprint density at radius 3 is 2.62 bits per heavy atom. The quantitative estimate of drug-likeness (QED) is 0.112. The highest BCUT2D eigenvalue weighted by Crippen LogP contribution is 2.32. The zero-order chi connectivity index (χ0) is 26.4. The van der Waals surface area contributed by atoms with Crippen molar-refractivity contribution in [1.82, 2.24) is 9.78 Å². The summed E-state index contributed by atoms with van der Waals surface area (Å²) in [6.45, 7) is 10.5. The predicted molar refractivity (Wildman–Crippen MR) is 149 cm³/mol. The van der Waals surface area contributed by atoms with E-state index in [2.05, 4.69) is 30.8 Å². The van der Waals surface area contributed by atoms with Crippen molar-refractivity contribution in [3.05, 3.63) is 83.8 Å². The second-order valence-electron chi connectivity index (χ2n) is 10.4. The highest BCUT2D eigenvalue weighted by atomic mass is 28.3. The summed E-state index contributed by atoms with van der Waals surface area (Å²) in [6, 6.07) is 19.0.